The minimum atomic E-state index is -0.0408. The monoisotopic (exact) mass is 444 g/mol. The van der Waals surface area contributed by atoms with Gasteiger partial charge in [-0.2, -0.15) is 0 Å². The number of carbonyl (C=O) groups is 2. The Hall–Kier alpha value is -2.76. The summed E-state index contributed by atoms with van der Waals surface area (Å²) in [5, 5.41) is 3.84. The normalized spacial score (nSPS) is 15.7. The summed E-state index contributed by atoms with van der Waals surface area (Å²) in [6.07, 6.45) is 5.11. The molecule has 0 spiro atoms. The van der Waals surface area contributed by atoms with Gasteiger partial charge < -0.3 is 5.32 Å². The number of rotatable bonds is 5. The van der Waals surface area contributed by atoms with E-state index in [9.17, 15) is 9.59 Å². The highest BCUT2D eigenvalue weighted by molar-refractivity contribution is 7.17. The van der Waals surface area contributed by atoms with Gasteiger partial charge in [-0.1, -0.05) is 54.1 Å². The standard InChI is InChI=1S/C27H28N2O2S/c1-18-10-12-20(13-11-18)26(31)25-22-8-4-5-9-23(22)32-27(25)28-24(30)17-29-15-14-19-6-2-3-7-21(19)16-29/h2-3,6-7,10-13H,4-5,8-9,14-17H2,1H3,(H,28,30). The van der Waals surface area contributed by atoms with E-state index in [0.29, 0.717) is 17.7 Å². The summed E-state index contributed by atoms with van der Waals surface area (Å²) < 4.78 is 0. The van der Waals surface area contributed by atoms with Crippen molar-refractivity contribution in [2.24, 2.45) is 0 Å². The molecule has 0 unspecified atom stereocenters. The highest BCUT2D eigenvalue weighted by Gasteiger charge is 2.27. The Kier molecular flexibility index (Phi) is 5.94. The van der Waals surface area contributed by atoms with Crippen molar-refractivity contribution in [2.45, 2.75) is 45.6 Å². The van der Waals surface area contributed by atoms with E-state index in [4.69, 9.17) is 0 Å². The van der Waals surface area contributed by atoms with Gasteiger partial charge in [0.25, 0.3) is 0 Å². The van der Waals surface area contributed by atoms with Crippen LogP contribution >= 0.6 is 11.3 Å². The Bertz CT molecular complexity index is 1160. The van der Waals surface area contributed by atoms with Crippen LogP contribution in [0.25, 0.3) is 0 Å². The molecule has 2 aliphatic rings. The molecule has 164 valence electrons. The largest absolute Gasteiger partial charge is 0.316 e. The second kappa shape index (κ2) is 9.00. The number of thiophene rings is 1. The number of nitrogens with one attached hydrogen (secondary N) is 1. The summed E-state index contributed by atoms with van der Waals surface area (Å²) in [5.74, 6) is -0.0208. The molecular weight excluding hydrogens is 416 g/mol. The minimum Gasteiger partial charge on any atom is -0.316 e. The third-order valence-electron chi connectivity index (χ3n) is 6.54. The van der Waals surface area contributed by atoms with E-state index in [-0.39, 0.29) is 11.7 Å². The number of hydrogen-bond acceptors (Lipinski definition) is 4. The zero-order valence-electron chi connectivity index (χ0n) is 18.4. The maximum atomic E-state index is 13.5. The first kappa shape index (κ1) is 21.1. The van der Waals surface area contributed by atoms with Crippen LogP contribution in [0, 0.1) is 6.92 Å². The van der Waals surface area contributed by atoms with Crippen molar-refractivity contribution in [1.29, 1.82) is 0 Å². The molecule has 1 amide bonds. The molecule has 2 aromatic carbocycles. The first-order valence-electron chi connectivity index (χ1n) is 11.4. The maximum absolute atomic E-state index is 13.5. The van der Waals surface area contributed by atoms with E-state index < -0.39 is 0 Å². The summed E-state index contributed by atoms with van der Waals surface area (Å²) in [7, 11) is 0. The van der Waals surface area contributed by atoms with E-state index >= 15 is 0 Å². The van der Waals surface area contributed by atoms with Crippen LogP contribution in [0.5, 0.6) is 0 Å². The number of hydrogen-bond donors (Lipinski definition) is 1. The number of amides is 1. The number of anilines is 1. The van der Waals surface area contributed by atoms with Crippen molar-refractivity contribution in [2.75, 3.05) is 18.4 Å². The molecule has 1 aliphatic heterocycles. The molecule has 1 aromatic heterocycles. The number of ketones is 1. The van der Waals surface area contributed by atoms with Gasteiger partial charge in [0.2, 0.25) is 5.91 Å². The van der Waals surface area contributed by atoms with E-state index in [1.165, 1.54) is 16.0 Å². The number of fused-ring (bicyclic) bond motifs is 2. The summed E-state index contributed by atoms with van der Waals surface area (Å²) in [6.45, 7) is 4.03. The Morgan fingerprint density at radius 2 is 1.72 bits per heavy atom. The van der Waals surface area contributed by atoms with E-state index in [1.54, 1.807) is 11.3 Å². The van der Waals surface area contributed by atoms with Crippen molar-refractivity contribution in [3.05, 3.63) is 86.8 Å². The van der Waals surface area contributed by atoms with Crippen molar-refractivity contribution >= 4 is 28.0 Å². The van der Waals surface area contributed by atoms with Crippen LogP contribution < -0.4 is 5.32 Å². The molecule has 0 radical (unpaired) electrons. The zero-order valence-corrected chi connectivity index (χ0v) is 19.3. The van der Waals surface area contributed by atoms with E-state index in [1.807, 2.05) is 31.2 Å². The molecule has 0 bridgehead atoms. The zero-order chi connectivity index (χ0) is 22.1. The van der Waals surface area contributed by atoms with Crippen LogP contribution in [0.4, 0.5) is 5.00 Å². The predicted molar refractivity (Wildman–Crippen MR) is 130 cm³/mol. The molecule has 1 N–H and O–H groups in total. The number of benzene rings is 2. The second-order valence-corrected chi connectivity index (χ2v) is 9.99. The average Bonchev–Trinajstić information content (AvgIpc) is 3.16. The van der Waals surface area contributed by atoms with Gasteiger partial charge in [0.05, 0.1) is 12.1 Å². The lowest BCUT2D eigenvalue weighted by Gasteiger charge is -2.28. The topological polar surface area (TPSA) is 49.4 Å². The number of carbonyl (C=O) groups excluding carboxylic acids is 2. The van der Waals surface area contributed by atoms with Gasteiger partial charge in [0.15, 0.2) is 5.78 Å². The molecule has 0 atom stereocenters. The molecule has 1 aliphatic carbocycles. The highest BCUT2D eigenvalue weighted by atomic mass is 32.1. The first-order chi connectivity index (χ1) is 15.6. The fourth-order valence-electron chi connectivity index (χ4n) is 4.80. The average molecular weight is 445 g/mol. The van der Waals surface area contributed by atoms with Crippen LogP contribution in [-0.4, -0.2) is 29.7 Å². The van der Waals surface area contributed by atoms with Crippen LogP contribution in [-0.2, 0) is 30.6 Å². The molecule has 2 heterocycles. The van der Waals surface area contributed by atoms with Crippen LogP contribution in [0.1, 0.15) is 55.9 Å². The molecule has 5 heteroatoms. The third-order valence-corrected chi connectivity index (χ3v) is 7.75. The first-order valence-corrected chi connectivity index (χ1v) is 12.2. The van der Waals surface area contributed by atoms with Gasteiger partial charge in [0.1, 0.15) is 5.00 Å². The number of aryl methyl sites for hydroxylation is 2. The van der Waals surface area contributed by atoms with Gasteiger partial charge in [-0.25, -0.2) is 0 Å². The highest BCUT2D eigenvalue weighted by Crippen LogP contribution is 2.39. The fourth-order valence-corrected chi connectivity index (χ4v) is 6.10. The van der Waals surface area contributed by atoms with Gasteiger partial charge >= 0.3 is 0 Å². The van der Waals surface area contributed by atoms with Gasteiger partial charge in [0, 0.05) is 23.5 Å². The van der Waals surface area contributed by atoms with Gasteiger partial charge in [-0.3, -0.25) is 14.5 Å². The van der Waals surface area contributed by atoms with Crippen molar-refractivity contribution in [3.8, 4) is 0 Å². The summed E-state index contributed by atoms with van der Waals surface area (Å²) in [6, 6.07) is 16.2. The third kappa shape index (κ3) is 4.27. The van der Waals surface area contributed by atoms with Gasteiger partial charge in [-0.15, -0.1) is 11.3 Å². The van der Waals surface area contributed by atoms with E-state index in [0.717, 1.165) is 61.3 Å². The second-order valence-electron chi connectivity index (χ2n) is 8.89. The Labute approximate surface area is 193 Å². The molecule has 32 heavy (non-hydrogen) atoms. The Morgan fingerprint density at radius 3 is 2.53 bits per heavy atom. The summed E-state index contributed by atoms with van der Waals surface area (Å²) in [4.78, 5) is 29.9. The summed E-state index contributed by atoms with van der Waals surface area (Å²) in [5.41, 5.74) is 6.35. The lowest BCUT2D eigenvalue weighted by molar-refractivity contribution is -0.117. The lowest BCUT2D eigenvalue weighted by atomic mass is 9.91. The molecule has 0 fully saturated rings. The van der Waals surface area contributed by atoms with Crippen molar-refractivity contribution in [3.63, 3.8) is 0 Å². The van der Waals surface area contributed by atoms with E-state index in [2.05, 4.69) is 34.5 Å². The SMILES string of the molecule is Cc1ccc(C(=O)c2c(NC(=O)CN3CCc4ccccc4C3)sc3c2CCCC3)cc1. The van der Waals surface area contributed by atoms with Crippen molar-refractivity contribution in [1.82, 2.24) is 4.90 Å². The number of nitrogens with zero attached hydrogens (tertiary/aromatic N) is 1. The molecule has 4 nitrogen and oxygen atoms in total. The quantitative estimate of drug-likeness (QED) is 0.553. The molecule has 0 saturated carbocycles. The summed E-state index contributed by atoms with van der Waals surface area (Å²) >= 11 is 1.60. The van der Waals surface area contributed by atoms with Crippen molar-refractivity contribution < 1.29 is 9.59 Å². The predicted octanol–water partition coefficient (Wildman–Crippen LogP) is 5.16. The van der Waals surface area contributed by atoms with Crippen LogP contribution in [0.15, 0.2) is 48.5 Å². The molecule has 5 rings (SSSR count). The fraction of sp³-hybridized carbons (Fsp3) is 0.333. The smallest absolute Gasteiger partial charge is 0.239 e. The molecule has 0 saturated heterocycles. The lowest BCUT2D eigenvalue weighted by Crippen LogP contribution is -2.37. The Balaban J connectivity index is 1.36. The van der Waals surface area contributed by atoms with Gasteiger partial charge in [-0.05, 0) is 55.7 Å². The molecule has 3 aromatic rings. The minimum absolute atomic E-state index is 0.0200. The van der Waals surface area contributed by atoms with Crippen LogP contribution in [0.2, 0.25) is 0 Å². The maximum Gasteiger partial charge on any atom is 0.239 e. The molecular formula is C27H28N2O2S. The van der Waals surface area contributed by atoms with Crippen LogP contribution in [0.3, 0.4) is 0 Å². The Morgan fingerprint density at radius 1 is 0.969 bits per heavy atom.